The standard InChI is InChI=1S/C29H28N8O5/c1-42-28(41)21(7-4-14-37-26(39)19-5-2-3-6-20(19)27(37)40)34-25(38)17-11-8-16(9-12-17)10-13-18-15-32-24-22(33-18)23(30)35-29(31)36-24/h2-3,5-6,8-9,11-12,15,21H,4,7,10,13-14H2,1H3,(H,34,38)(H4,30,31,32,35,36). The van der Waals surface area contributed by atoms with Crippen molar-refractivity contribution in [2.75, 3.05) is 25.1 Å². The molecule has 1 aliphatic heterocycles. The first-order chi connectivity index (χ1) is 20.2. The van der Waals surface area contributed by atoms with Crippen LogP contribution < -0.4 is 16.8 Å². The molecule has 1 atom stereocenters. The number of methoxy groups -OCH3 is 1. The Morgan fingerprint density at radius 1 is 0.952 bits per heavy atom. The summed E-state index contributed by atoms with van der Waals surface area (Å²) < 4.78 is 4.86. The Balaban J connectivity index is 1.16. The molecule has 0 fully saturated rings. The largest absolute Gasteiger partial charge is 0.467 e. The van der Waals surface area contributed by atoms with Crippen LogP contribution in [0.25, 0.3) is 11.2 Å². The molecule has 5 N–H and O–H groups in total. The number of hydrogen-bond acceptors (Lipinski definition) is 11. The number of ether oxygens (including phenoxy) is 1. The molecule has 214 valence electrons. The van der Waals surface area contributed by atoms with Gasteiger partial charge in [0.25, 0.3) is 17.7 Å². The van der Waals surface area contributed by atoms with E-state index in [-0.39, 0.29) is 36.5 Å². The van der Waals surface area contributed by atoms with Crippen LogP contribution in [0.1, 0.15) is 55.2 Å². The highest BCUT2D eigenvalue weighted by atomic mass is 16.5. The zero-order valence-electron chi connectivity index (χ0n) is 22.7. The Morgan fingerprint density at radius 3 is 2.31 bits per heavy atom. The minimum atomic E-state index is -0.949. The number of imide groups is 1. The third-order valence-corrected chi connectivity index (χ3v) is 6.93. The molecular formula is C29H28N8O5. The van der Waals surface area contributed by atoms with E-state index in [1.807, 2.05) is 12.1 Å². The van der Waals surface area contributed by atoms with Crippen LogP contribution in [-0.4, -0.2) is 68.2 Å². The summed E-state index contributed by atoms with van der Waals surface area (Å²) in [6, 6.07) is 12.6. The van der Waals surface area contributed by atoms with Gasteiger partial charge in [0.15, 0.2) is 17.0 Å². The first-order valence-corrected chi connectivity index (χ1v) is 13.2. The van der Waals surface area contributed by atoms with Gasteiger partial charge in [-0.1, -0.05) is 24.3 Å². The van der Waals surface area contributed by atoms with E-state index in [4.69, 9.17) is 16.2 Å². The van der Waals surface area contributed by atoms with Gasteiger partial charge >= 0.3 is 5.97 Å². The van der Waals surface area contributed by atoms with Crippen LogP contribution in [-0.2, 0) is 22.4 Å². The van der Waals surface area contributed by atoms with Crippen LogP contribution >= 0.6 is 0 Å². The van der Waals surface area contributed by atoms with Gasteiger partial charge in [0.2, 0.25) is 5.95 Å². The highest BCUT2D eigenvalue weighted by Crippen LogP contribution is 2.23. The van der Waals surface area contributed by atoms with Crippen molar-refractivity contribution in [3.8, 4) is 0 Å². The van der Waals surface area contributed by atoms with Gasteiger partial charge in [-0.15, -0.1) is 0 Å². The fourth-order valence-electron chi connectivity index (χ4n) is 4.73. The number of amides is 3. The van der Waals surface area contributed by atoms with Gasteiger partial charge in [0, 0.05) is 12.1 Å². The van der Waals surface area contributed by atoms with Crippen LogP contribution in [0.4, 0.5) is 11.8 Å². The quantitative estimate of drug-likeness (QED) is 0.186. The van der Waals surface area contributed by atoms with Crippen LogP contribution in [0.3, 0.4) is 0 Å². The number of aryl methyl sites for hydroxylation is 2. The van der Waals surface area contributed by atoms with Crippen LogP contribution in [0.2, 0.25) is 0 Å². The first-order valence-electron chi connectivity index (χ1n) is 13.2. The zero-order valence-corrected chi connectivity index (χ0v) is 22.7. The molecule has 3 heterocycles. The fraction of sp³-hybridized carbons (Fsp3) is 0.241. The third-order valence-electron chi connectivity index (χ3n) is 6.93. The van der Waals surface area contributed by atoms with Gasteiger partial charge in [-0.05, 0) is 55.5 Å². The monoisotopic (exact) mass is 568 g/mol. The second-order valence-corrected chi connectivity index (χ2v) is 9.70. The number of nitrogen functional groups attached to an aromatic ring is 2. The molecule has 13 heteroatoms. The Hall–Kier alpha value is -5.46. The SMILES string of the molecule is COC(=O)C(CCCN1C(=O)c2ccccc2C1=O)NC(=O)c1ccc(CCc2cnc3nc(N)nc(N)c3n2)cc1. The van der Waals surface area contributed by atoms with Gasteiger partial charge in [0.1, 0.15) is 6.04 Å². The van der Waals surface area contributed by atoms with E-state index in [1.54, 1.807) is 42.6 Å². The van der Waals surface area contributed by atoms with Crippen molar-refractivity contribution < 1.29 is 23.9 Å². The number of nitrogens with two attached hydrogens (primary N) is 2. The Morgan fingerprint density at radius 2 is 1.64 bits per heavy atom. The summed E-state index contributed by atoms with van der Waals surface area (Å²) in [6.07, 6.45) is 3.28. The molecule has 3 amide bonds. The molecule has 0 aliphatic carbocycles. The van der Waals surface area contributed by atoms with Crippen molar-refractivity contribution in [1.82, 2.24) is 30.2 Å². The zero-order chi connectivity index (χ0) is 29.8. The number of hydrogen-bond donors (Lipinski definition) is 3. The van der Waals surface area contributed by atoms with Gasteiger partial charge in [-0.3, -0.25) is 19.3 Å². The molecular weight excluding hydrogens is 540 g/mol. The average Bonchev–Trinajstić information content (AvgIpc) is 3.24. The molecule has 1 unspecified atom stereocenters. The number of rotatable bonds is 10. The lowest BCUT2D eigenvalue weighted by atomic mass is 10.0. The van der Waals surface area contributed by atoms with E-state index in [2.05, 4.69) is 25.3 Å². The molecule has 42 heavy (non-hydrogen) atoms. The lowest BCUT2D eigenvalue weighted by Gasteiger charge is -2.19. The molecule has 2 aromatic carbocycles. The number of esters is 1. The van der Waals surface area contributed by atoms with Gasteiger partial charge in [0.05, 0.1) is 30.1 Å². The maximum Gasteiger partial charge on any atom is 0.328 e. The van der Waals surface area contributed by atoms with E-state index < -0.39 is 17.9 Å². The molecule has 0 saturated carbocycles. The van der Waals surface area contributed by atoms with Gasteiger partial charge < -0.3 is 21.5 Å². The van der Waals surface area contributed by atoms with Crippen molar-refractivity contribution in [3.63, 3.8) is 0 Å². The second kappa shape index (κ2) is 12.0. The third kappa shape index (κ3) is 5.84. The van der Waals surface area contributed by atoms with E-state index in [0.717, 1.165) is 10.5 Å². The second-order valence-electron chi connectivity index (χ2n) is 9.70. The number of carbonyl (C=O) groups is 4. The molecule has 0 bridgehead atoms. The Labute approximate surface area is 240 Å². The number of fused-ring (bicyclic) bond motifs is 2. The maximum atomic E-state index is 12.9. The minimum absolute atomic E-state index is 0.0328. The number of nitrogens with one attached hydrogen (secondary N) is 1. The van der Waals surface area contributed by atoms with E-state index in [1.165, 1.54) is 7.11 Å². The summed E-state index contributed by atoms with van der Waals surface area (Å²) in [5, 5.41) is 2.70. The van der Waals surface area contributed by atoms with E-state index in [0.29, 0.717) is 52.8 Å². The normalized spacial score (nSPS) is 13.2. The predicted octanol–water partition coefficient (Wildman–Crippen LogP) is 1.72. The molecule has 0 radical (unpaired) electrons. The van der Waals surface area contributed by atoms with Gasteiger partial charge in [-0.25, -0.2) is 14.8 Å². The molecule has 2 aromatic heterocycles. The molecule has 1 aliphatic rings. The minimum Gasteiger partial charge on any atom is -0.467 e. The fourth-order valence-corrected chi connectivity index (χ4v) is 4.73. The highest BCUT2D eigenvalue weighted by Gasteiger charge is 2.35. The van der Waals surface area contributed by atoms with Crippen molar-refractivity contribution in [3.05, 3.63) is 82.7 Å². The summed E-state index contributed by atoms with van der Waals surface area (Å²) in [7, 11) is 1.23. The van der Waals surface area contributed by atoms with E-state index >= 15 is 0 Å². The van der Waals surface area contributed by atoms with Gasteiger partial charge in [-0.2, -0.15) is 9.97 Å². The summed E-state index contributed by atoms with van der Waals surface area (Å²) in [6.45, 7) is 0.111. The molecule has 0 saturated heterocycles. The lowest BCUT2D eigenvalue weighted by Crippen LogP contribution is -2.42. The van der Waals surface area contributed by atoms with E-state index in [9.17, 15) is 19.2 Å². The summed E-state index contributed by atoms with van der Waals surface area (Å²) in [5.41, 5.74) is 14.9. The first kappa shape index (κ1) is 28.1. The highest BCUT2D eigenvalue weighted by molar-refractivity contribution is 6.21. The summed E-state index contributed by atoms with van der Waals surface area (Å²) in [5.74, 6) is -1.61. The van der Waals surface area contributed by atoms with Crippen LogP contribution in [0.5, 0.6) is 0 Å². The molecule has 4 aromatic rings. The van der Waals surface area contributed by atoms with Crippen LogP contribution in [0.15, 0.2) is 54.7 Å². The Bertz CT molecular complexity index is 1660. The lowest BCUT2D eigenvalue weighted by molar-refractivity contribution is -0.143. The predicted molar refractivity (Wildman–Crippen MR) is 152 cm³/mol. The maximum absolute atomic E-state index is 12.9. The molecule has 0 spiro atoms. The topological polar surface area (TPSA) is 196 Å². The average molecular weight is 569 g/mol. The number of benzene rings is 2. The van der Waals surface area contributed by atoms with Crippen molar-refractivity contribution >= 4 is 46.6 Å². The molecule has 5 rings (SSSR count). The van der Waals surface area contributed by atoms with Crippen molar-refractivity contribution in [1.29, 1.82) is 0 Å². The smallest absolute Gasteiger partial charge is 0.328 e. The number of aromatic nitrogens is 4. The van der Waals surface area contributed by atoms with Crippen molar-refractivity contribution in [2.24, 2.45) is 0 Å². The van der Waals surface area contributed by atoms with Crippen molar-refractivity contribution in [2.45, 2.75) is 31.7 Å². The summed E-state index contributed by atoms with van der Waals surface area (Å²) >= 11 is 0. The number of carbonyl (C=O) groups excluding carboxylic acids is 4. The van der Waals surface area contributed by atoms with Crippen LogP contribution in [0, 0.1) is 0 Å². The molecule has 13 nitrogen and oxygen atoms in total. The number of anilines is 2. The summed E-state index contributed by atoms with van der Waals surface area (Å²) in [4.78, 5) is 68.3. The number of nitrogens with zero attached hydrogens (tertiary/aromatic N) is 5. The Kier molecular flexibility index (Phi) is 8.00.